The third-order valence-corrected chi connectivity index (χ3v) is 14.4. The molecule has 21 heteroatoms. The summed E-state index contributed by atoms with van der Waals surface area (Å²) >= 11 is 25.4. The van der Waals surface area contributed by atoms with E-state index in [1.54, 1.807) is 36.5 Å². The Balaban J connectivity index is 1.24. The molecule has 73 heavy (non-hydrogen) atoms. The van der Waals surface area contributed by atoms with Gasteiger partial charge in [0, 0.05) is 46.1 Å². The van der Waals surface area contributed by atoms with Crippen molar-refractivity contribution in [3.05, 3.63) is 153 Å². The Hall–Kier alpha value is -6.70. The fraction of sp³-hybridized carbons (Fsp3) is 0.231. The van der Waals surface area contributed by atoms with Crippen LogP contribution in [0.25, 0.3) is 44.2 Å². The summed E-state index contributed by atoms with van der Waals surface area (Å²) in [4.78, 5) is 17.7. The molecule has 0 amide bonds. The molecular weight excluding hydrogens is 1050 g/mol. The fourth-order valence-corrected chi connectivity index (χ4v) is 10.3. The number of rotatable bonds is 18. The maximum atomic E-state index is 12.5. The van der Waals surface area contributed by atoms with Crippen molar-refractivity contribution in [3.8, 4) is 45.9 Å². The number of sulfonamides is 2. The van der Waals surface area contributed by atoms with Gasteiger partial charge in [-0.2, -0.15) is 15.5 Å². The molecule has 0 radical (unpaired) electrons. The van der Waals surface area contributed by atoms with Crippen molar-refractivity contribution in [2.24, 2.45) is 0 Å². The van der Waals surface area contributed by atoms with E-state index in [1.165, 1.54) is 6.33 Å². The summed E-state index contributed by atoms with van der Waals surface area (Å²) in [5.41, 5.74) is 6.21. The van der Waals surface area contributed by atoms with Gasteiger partial charge >= 0.3 is 0 Å². The minimum Gasteiger partial charge on any atom is -0.489 e. The molecule has 1 unspecified atom stereocenters. The summed E-state index contributed by atoms with van der Waals surface area (Å²) < 4.78 is 67.4. The molecule has 0 fully saturated rings. The van der Waals surface area contributed by atoms with Crippen LogP contribution in [0.15, 0.2) is 110 Å². The smallest absolute Gasteiger partial charge is 0.238 e. The van der Waals surface area contributed by atoms with Gasteiger partial charge in [-0.25, -0.2) is 31.8 Å². The first-order chi connectivity index (χ1) is 34.7. The molecule has 0 bridgehead atoms. The molecule has 0 aliphatic rings. The topological polar surface area (TPSA) is 215 Å². The number of anilines is 2. The molecule has 15 nitrogen and oxygen atoms in total. The van der Waals surface area contributed by atoms with Crippen LogP contribution >= 0.6 is 46.4 Å². The van der Waals surface area contributed by atoms with E-state index >= 15 is 0 Å². The number of aromatic nitrogens is 5. The van der Waals surface area contributed by atoms with Gasteiger partial charge in [0.1, 0.15) is 37.3 Å². The van der Waals surface area contributed by atoms with Crippen LogP contribution in [0.5, 0.6) is 11.5 Å². The largest absolute Gasteiger partial charge is 0.489 e. The molecule has 1 atom stereocenters. The highest BCUT2D eigenvalue weighted by atomic mass is 35.5. The summed E-state index contributed by atoms with van der Waals surface area (Å²) in [5, 5.41) is 22.1. The Labute approximate surface area is 442 Å². The second-order valence-corrected chi connectivity index (χ2v) is 23.0. The van der Waals surface area contributed by atoms with Crippen LogP contribution in [-0.2, 0) is 37.4 Å². The highest BCUT2D eigenvalue weighted by Crippen LogP contribution is 2.43. The van der Waals surface area contributed by atoms with Crippen molar-refractivity contribution in [3.63, 3.8) is 0 Å². The van der Waals surface area contributed by atoms with Gasteiger partial charge < -0.3 is 14.0 Å². The van der Waals surface area contributed by atoms with E-state index < -0.39 is 30.9 Å². The normalized spacial score (nSPS) is 12.8. The highest BCUT2D eigenvalue weighted by Gasteiger charge is 2.34. The Morgan fingerprint density at radius 2 is 1.22 bits per heavy atom. The second kappa shape index (κ2) is 21.0. The molecule has 374 valence electrons. The van der Waals surface area contributed by atoms with Crippen LogP contribution in [0, 0.1) is 22.7 Å². The van der Waals surface area contributed by atoms with Crippen LogP contribution in [-0.4, -0.2) is 78.8 Å². The number of nitrogens with zero attached hydrogens (tertiary/aromatic N) is 7. The van der Waals surface area contributed by atoms with Crippen LogP contribution in [0.4, 0.5) is 11.8 Å². The number of nitrogens with one attached hydrogen (secondary N) is 2. The zero-order valence-electron chi connectivity index (χ0n) is 39.8. The minimum atomic E-state index is -3.78. The quantitative estimate of drug-likeness (QED) is 0.0768. The number of benzene rings is 5. The zero-order valence-corrected chi connectivity index (χ0v) is 44.5. The molecule has 2 N–H and O–H groups in total. The van der Waals surface area contributed by atoms with Gasteiger partial charge in [-0.05, 0) is 82.3 Å². The fourth-order valence-electron chi connectivity index (χ4n) is 8.69. The van der Waals surface area contributed by atoms with Crippen molar-refractivity contribution >= 4 is 100 Å². The van der Waals surface area contributed by atoms with Gasteiger partial charge in [0.2, 0.25) is 26.0 Å². The summed E-state index contributed by atoms with van der Waals surface area (Å²) in [7, 11) is -7.37. The lowest BCUT2D eigenvalue weighted by Gasteiger charge is -2.33. The maximum Gasteiger partial charge on any atom is 0.238 e. The number of ether oxygens (including phenoxy) is 2. The summed E-state index contributed by atoms with van der Waals surface area (Å²) in [6.07, 6.45) is 6.88. The molecular formula is C52H45Cl4N9O6S2. The van der Waals surface area contributed by atoms with Crippen molar-refractivity contribution in [2.75, 3.05) is 46.9 Å². The van der Waals surface area contributed by atoms with E-state index in [-0.39, 0.29) is 65.4 Å². The van der Waals surface area contributed by atoms with Gasteiger partial charge in [-0.3, -0.25) is 9.44 Å². The van der Waals surface area contributed by atoms with Gasteiger partial charge in [0.25, 0.3) is 0 Å². The minimum absolute atomic E-state index is 0.124. The third-order valence-electron chi connectivity index (χ3n) is 12.4. The lowest BCUT2D eigenvalue weighted by molar-refractivity contribution is 0.341. The summed E-state index contributed by atoms with van der Waals surface area (Å²) in [6.45, 7) is 6.58. The molecule has 8 aromatic rings. The molecule has 0 aliphatic heterocycles. The van der Waals surface area contributed by atoms with E-state index in [2.05, 4.69) is 36.5 Å². The molecule has 0 saturated heterocycles. The predicted molar refractivity (Wildman–Crippen MR) is 288 cm³/mol. The van der Waals surface area contributed by atoms with Crippen LogP contribution in [0.3, 0.4) is 0 Å². The molecule has 5 aromatic carbocycles. The molecule has 0 aliphatic carbocycles. The Morgan fingerprint density at radius 1 is 0.658 bits per heavy atom. The van der Waals surface area contributed by atoms with Crippen molar-refractivity contribution in [2.45, 2.75) is 38.1 Å². The van der Waals surface area contributed by atoms with Gasteiger partial charge in [0.15, 0.2) is 17.3 Å². The highest BCUT2D eigenvalue weighted by molar-refractivity contribution is 7.92. The first kappa shape index (κ1) is 52.6. The molecule has 3 heterocycles. The number of hydrogen-bond donors (Lipinski definition) is 2. The lowest BCUT2D eigenvalue weighted by atomic mass is 9.75. The molecule has 0 spiro atoms. The molecule has 8 rings (SSSR count). The van der Waals surface area contributed by atoms with Crippen LogP contribution in [0.2, 0.25) is 10.0 Å². The third kappa shape index (κ3) is 11.3. The number of nitriles is 2. The van der Waals surface area contributed by atoms with Gasteiger partial charge in [-0.15, -0.1) is 23.2 Å². The van der Waals surface area contributed by atoms with Crippen LogP contribution in [0.1, 0.15) is 54.2 Å². The second-order valence-electron chi connectivity index (χ2n) is 17.9. The van der Waals surface area contributed by atoms with Crippen molar-refractivity contribution in [1.29, 1.82) is 10.5 Å². The maximum absolute atomic E-state index is 12.5. The number of alkyl halides is 2. The summed E-state index contributed by atoms with van der Waals surface area (Å²) in [5.74, 6) is 0.929. The predicted octanol–water partition coefficient (Wildman–Crippen LogP) is 11.1. The summed E-state index contributed by atoms with van der Waals surface area (Å²) in [6, 6.07) is 32.7. The molecule has 3 aromatic heterocycles. The Morgan fingerprint density at radius 3 is 1.81 bits per heavy atom. The van der Waals surface area contributed by atoms with E-state index in [0.29, 0.717) is 38.1 Å². The molecule has 0 saturated carbocycles. The SMILES string of the molecule is CC(C)(c1ccc(-c2cn(CC(C)(c3ccc(-c4ccc5c(NS(C)(=O)=O)ncnc5c4)cc3)c3cc(Cl)c(OCCCl)c(C#N)c3)c3nc(NS(C)(=O)=O)ncc23)cc1)c1cc(Cl)c(OCCCl)c(C#N)c1. The number of fused-ring (bicyclic) bond motifs is 2. The van der Waals surface area contributed by atoms with E-state index in [9.17, 15) is 27.4 Å². The monoisotopic (exact) mass is 1100 g/mol. The average molecular weight is 1100 g/mol. The van der Waals surface area contributed by atoms with Crippen LogP contribution < -0.4 is 18.9 Å². The van der Waals surface area contributed by atoms with E-state index in [4.69, 9.17) is 60.9 Å². The van der Waals surface area contributed by atoms with Crippen molar-refractivity contribution < 1.29 is 26.3 Å². The first-order valence-corrected chi connectivity index (χ1v) is 27.9. The zero-order chi connectivity index (χ0) is 52.5. The number of halogens is 4. The van der Waals surface area contributed by atoms with E-state index in [1.807, 2.05) is 92.2 Å². The number of hydrogen-bond acceptors (Lipinski definition) is 12. The van der Waals surface area contributed by atoms with Crippen molar-refractivity contribution in [1.82, 2.24) is 24.5 Å². The standard InChI is InChI=1S/C52H45Cl4N9O6S2/c1-51(2,38-20-34(25-57)46(43(55)23-38)70-18-16-53)36-11-8-32(9-12-36)42-28-65(49-41(42)27-59-50(62-49)64-73(5,68)69)29-52(3,39-21-35(26-58)47(44(56)24-39)71-19-17-54)37-13-6-31(7-14-37)33-10-15-40-45(22-33)60-30-61-48(40)63-72(4,66)67/h6-15,20-24,27-28,30H,16-19,29H2,1-5H3,(H,59,62,64)(H,60,61,63). The average Bonchev–Trinajstić information content (AvgIpc) is 3.70. The van der Waals surface area contributed by atoms with Gasteiger partial charge in [0.05, 0.1) is 51.0 Å². The first-order valence-electron chi connectivity index (χ1n) is 22.3. The van der Waals surface area contributed by atoms with Gasteiger partial charge in [-0.1, -0.05) is 91.6 Å². The lowest BCUT2D eigenvalue weighted by Crippen LogP contribution is -2.30. The van der Waals surface area contributed by atoms with E-state index in [0.717, 1.165) is 51.5 Å². The Kier molecular flexibility index (Phi) is 15.2. The Bertz CT molecular complexity index is 3750.